The maximum absolute atomic E-state index is 2.16. The second-order valence-corrected chi connectivity index (χ2v) is 3.47. The minimum absolute atomic E-state index is 0. The average molecular weight is 147 g/mol. The summed E-state index contributed by atoms with van der Waals surface area (Å²) >= 11 is 3.61. The Balaban J connectivity index is 0.000000405. The zero-order valence-electron chi connectivity index (χ0n) is 5.13. The van der Waals surface area contributed by atoms with Gasteiger partial charge in [-0.05, 0) is 5.38 Å². The van der Waals surface area contributed by atoms with Crippen LogP contribution in [-0.4, -0.2) is 0 Å². The van der Waals surface area contributed by atoms with E-state index in [1.807, 2.05) is 0 Å². The Kier molecular flexibility index (Phi) is 2.48. The fourth-order valence-electron chi connectivity index (χ4n) is 0.697. The summed E-state index contributed by atoms with van der Waals surface area (Å²) in [6.45, 7) is 0. The van der Waals surface area contributed by atoms with Gasteiger partial charge in [0.2, 0.25) is 0 Å². The standard InChI is InChI=1S/C6H4S2.Li/c1-3-7-6-2-4-8-5(1)6;/h1-4H;/q-1;+1. The molecule has 0 nitrogen and oxygen atoms in total. The summed E-state index contributed by atoms with van der Waals surface area (Å²) in [6, 6.07) is 2.16. The predicted octanol–water partition coefficient (Wildman–Crippen LogP) is -0.822. The van der Waals surface area contributed by atoms with Crippen molar-refractivity contribution in [2.75, 3.05) is 0 Å². The molecule has 0 atom stereocenters. The van der Waals surface area contributed by atoms with Gasteiger partial charge in [-0.3, -0.25) is 0 Å². The number of thiophene rings is 1. The summed E-state index contributed by atoms with van der Waals surface area (Å²) in [5.41, 5.74) is 0. The van der Waals surface area contributed by atoms with E-state index in [9.17, 15) is 0 Å². The van der Waals surface area contributed by atoms with Crippen molar-refractivity contribution in [3.8, 4) is 0 Å². The van der Waals surface area contributed by atoms with Gasteiger partial charge in [0.15, 0.2) is 0 Å². The van der Waals surface area contributed by atoms with Crippen LogP contribution in [0.4, 0.5) is 0 Å². The largest absolute Gasteiger partial charge is 1.00 e. The molecule has 0 saturated heterocycles. The predicted molar refractivity (Wildman–Crippen MR) is 39.0 cm³/mol. The second-order valence-electron chi connectivity index (χ2n) is 1.57. The van der Waals surface area contributed by atoms with E-state index in [0.29, 0.717) is 0 Å². The second kappa shape index (κ2) is 2.98. The molecule has 1 aromatic rings. The van der Waals surface area contributed by atoms with E-state index in [0.717, 1.165) is 0 Å². The van der Waals surface area contributed by atoms with Gasteiger partial charge in [-0.1, -0.05) is 12.1 Å². The van der Waals surface area contributed by atoms with E-state index in [2.05, 4.69) is 22.9 Å². The van der Waals surface area contributed by atoms with Gasteiger partial charge < -0.3 is 11.8 Å². The number of thioether (sulfide) groups is 1. The molecule has 0 unspecified atom stereocenters. The van der Waals surface area contributed by atoms with Crippen molar-refractivity contribution < 1.29 is 18.9 Å². The fraction of sp³-hybridized carbons (Fsp3) is 0. The number of rotatable bonds is 0. The van der Waals surface area contributed by atoms with Crippen molar-refractivity contribution in [2.45, 2.75) is 4.90 Å². The van der Waals surface area contributed by atoms with Crippen molar-refractivity contribution in [3.05, 3.63) is 21.7 Å². The summed E-state index contributed by atoms with van der Waals surface area (Å²) in [7, 11) is 0. The van der Waals surface area contributed by atoms with Crippen molar-refractivity contribution in [1.82, 2.24) is 0 Å². The van der Waals surface area contributed by atoms with Crippen LogP contribution in [0.2, 0.25) is 0 Å². The van der Waals surface area contributed by atoms with Crippen molar-refractivity contribution in [1.29, 1.82) is 0 Å². The number of hydrogen-bond acceptors (Lipinski definition) is 2. The maximum Gasteiger partial charge on any atom is 1.00 e. The third kappa shape index (κ3) is 1.27. The monoisotopic (exact) mass is 147 g/mol. The molecule has 1 aliphatic rings. The van der Waals surface area contributed by atoms with Gasteiger partial charge in [-0.15, -0.1) is 11.3 Å². The molecule has 0 amide bonds. The van der Waals surface area contributed by atoms with E-state index in [4.69, 9.17) is 0 Å². The van der Waals surface area contributed by atoms with Gasteiger partial charge in [0.25, 0.3) is 0 Å². The van der Waals surface area contributed by atoms with Gasteiger partial charge >= 0.3 is 18.9 Å². The normalized spacial score (nSPS) is 12.9. The molecule has 41 valence electrons. The van der Waals surface area contributed by atoms with Crippen LogP contribution >= 0.6 is 11.3 Å². The van der Waals surface area contributed by atoms with Gasteiger partial charge in [-0.25, -0.2) is 5.41 Å². The molecule has 0 spiro atoms. The Morgan fingerprint density at radius 3 is 3.11 bits per heavy atom. The quantitative estimate of drug-likeness (QED) is 0.341. The van der Waals surface area contributed by atoms with E-state index in [1.54, 1.807) is 23.1 Å². The molecule has 1 radical (unpaired) electrons. The van der Waals surface area contributed by atoms with Gasteiger partial charge in [0.1, 0.15) is 0 Å². The van der Waals surface area contributed by atoms with Crippen molar-refractivity contribution in [3.63, 3.8) is 0 Å². The van der Waals surface area contributed by atoms with E-state index >= 15 is 0 Å². The molecular weight excluding hydrogens is 143 g/mol. The summed E-state index contributed by atoms with van der Waals surface area (Å²) in [4.78, 5) is 2.82. The maximum atomic E-state index is 2.16. The van der Waals surface area contributed by atoms with E-state index in [1.165, 1.54) is 9.77 Å². The molecule has 0 N–H and O–H groups in total. The minimum atomic E-state index is 0. The first-order valence-corrected chi connectivity index (χ1v) is 4.13. The molecular formula is C6H4LiS2. The fourth-order valence-corrected chi connectivity index (χ4v) is 2.52. The number of fused-ring (bicyclic) bond motifs is 1. The smallest absolute Gasteiger partial charge is 0.574 e. The van der Waals surface area contributed by atoms with Crippen LogP contribution in [-0.2, 0) is 11.8 Å². The molecule has 0 bridgehead atoms. The van der Waals surface area contributed by atoms with E-state index < -0.39 is 0 Å². The van der Waals surface area contributed by atoms with Crippen LogP contribution in [0.15, 0.2) is 21.7 Å². The van der Waals surface area contributed by atoms with Crippen molar-refractivity contribution in [2.24, 2.45) is 0 Å². The molecule has 0 fully saturated rings. The first kappa shape index (κ1) is 7.49. The first-order valence-electron chi connectivity index (χ1n) is 2.37. The van der Waals surface area contributed by atoms with Crippen LogP contribution in [0.3, 0.4) is 0 Å². The Hall–Kier alpha value is 0.387. The molecule has 9 heavy (non-hydrogen) atoms. The molecule has 0 aromatic carbocycles. The van der Waals surface area contributed by atoms with E-state index in [-0.39, 0.29) is 18.9 Å². The third-order valence-electron chi connectivity index (χ3n) is 1.07. The topological polar surface area (TPSA) is 0 Å². The zero-order chi connectivity index (χ0) is 5.40. The van der Waals surface area contributed by atoms with Crippen LogP contribution in [0, 0.1) is 0 Å². The molecule has 2 heterocycles. The number of hydrogen-bond donors (Lipinski definition) is 0. The summed E-state index contributed by atoms with van der Waals surface area (Å²) in [6.07, 6.45) is 2.16. The Morgan fingerprint density at radius 2 is 2.33 bits per heavy atom. The average Bonchev–Trinajstić information content (AvgIpc) is 2.15. The Morgan fingerprint density at radius 1 is 1.44 bits per heavy atom. The van der Waals surface area contributed by atoms with Gasteiger partial charge in [0, 0.05) is 4.88 Å². The first-order chi connectivity index (χ1) is 3.97. The SMILES string of the molecule is C1=Cc2sccc2[S-]1.[Li+]. The van der Waals surface area contributed by atoms with Gasteiger partial charge in [0.05, 0.1) is 0 Å². The third-order valence-corrected chi connectivity index (χ3v) is 2.97. The summed E-state index contributed by atoms with van der Waals surface area (Å²) in [5.74, 6) is 0. The summed E-state index contributed by atoms with van der Waals surface area (Å²) < 4.78 is 0. The minimum Gasteiger partial charge on any atom is -0.574 e. The summed E-state index contributed by atoms with van der Waals surface area (Å²) in [5, 5.41) is 4.25. The molecule has 1 aliphatic heterocycles. The molecule has 1 aromatic heterocycles. The van der Waals surface area contributed by atoms with Crippen LogP contribution in [0.5, 0.6) is 0 Å². The Labute approximate surface area is 74.5 Å². The van der Waals surface area contributed by atoms with Crippen LogP contribution < -0.4 is 18.9 Å². The van der Waals surface area contributed by atoms with Gasteiger partial charge in [-0.2, -0.15) is 4.90 Å². The molecule has 2 rings (SSSR count). The van der Waals surface area contributed by atoms with Crippen LogP contribution in [0.25, 0.3) is 6.08 Å². The molecule has 3 heteroatoms. The molecule has 0 aliphatic carbocycles. The van der Waals surface area contributed by atoms with Crippen LogP contribution in [0.1, 0.15) is 4.88 Å². The van der Waals surface area contributed by atoms with Crippen molar-refractivity contribution >= 4 is 29.2 Å². The molecule has 0 saturated carbocycles. The zero-order valence-corrected chi connectivity index (χ0v) is 6.76. The Bertz CT molecular complexity index is 227.